The summed E-state index contributed by atoms with van der Waals surface area (Å²) in [5.74, 6) is -0.302. The van der Waals surface area contributed by atoms with Gasteiger partial charge in [0.15, 0.2) is 0 Å². The highest BCUT2D eigenvalue weighted by Crippen LogP contribution is 2.17. The number of hydrogen-bond acceptors (Lipinski definition) is 3. The lowest BCUT2D eigenvalue weighted by molar-refractivity contribution is -0.128. The van der Waals surface area contributed by atoms with Gasteiger partial charge < -0.3 is 4.74 Å². The highest BCUT2D eigenvalue weighted by molar-refractivity contribution is 6.30. The Balaban J connectivity index is 2.08. The number of esters is 1. The van der Waals surface area contributed by atoms with Gasteiger partial charge in [0.05, 0.1) is 5.56 Å². The van der Waals surface area contributed by atoms with Gasteiger partial charge in [-0.1, -0.05) is 35.9 Å². The van der Waals surface area contributed by atoms with E-state index in [1.54, 1.807) is 48.5 Å². The Bertz CT molecular complexity index is 702. The SMILES string of the molecule is N#Cc1ccccc1OC(=O)/C=C/c1cccc(Cl)c1. The number of ether oxygens (including phenoxy) is 1. The van der Waals surface area contributed by atoms with Crippen LogP contribution in [0.2, 0.25) is 5.02 Å². The van der Waals surface area contributed by atoms with Crippen LogP contribution in [0.1, 0.15) is 11.1 Å². The number of para-hydroxylation sites is 1. The Kier molecular flexibility index (Phi) is 4.54. The smallest absolute Gasteiger partial charge is 0.336 e. The molecule has 0 saturated carbocycles. The third-order valence-electron chi connectivity index (χ3n) is 2.48. The van der Waals surface area contributed by atoms with Crippen LogP contribution in [0.25, 0.3) is 6.08 Å². The van der Waals surface area contributed by atoms with E-state index in [2.05, 4.69) is 0 Å². The molecular formula is C16H10ClNO2. The Hall–Kier alpha value is -2.57. The molecule has 0 aliphatic rings. The maximum atomic E-state index is 11.7. The molecule has 0 aliphatic carbocycles. The van der Waals surface area contributed by atoms with Gasteiger partial charge in [0.1, 0.15) is 11.8 Å². The van der Waals surface area contributed by atoms with Crippen LogP contribution in [0.4, 0.5) is 0 Å². The highest BCUT2D eigenvalue weighted by atomic mass is 35.5. The van der Waals surface area contributed by atoms with Gasteiger partial charge in [-0.15, -0.1) is 0 Å². The van der Waals surface area contributed by atoms with Gasteiger partial charge in [0, 0.05) is 11.1 Å². The second-order valence-corrected chi connectivity index (χ2v) is 4.35. The summed E-state index contributed by atoms with van der Waals surface area (Å²) in [6.45, 7) is 0. The minimum absolute atomic E-state index is 0.246. The lowest BCUT2D eigenvalue weighted by atomic mass is 10.2. The van der Waals surface area contributed by atoms with Crippen LogP contribution in [0.3, 0.4) is 0 Å². The molecule has 20 heavy (non-hydrogen) atoms. The van der Waals surface area contributed by atoms with E-state index in [0.717, 1.165) is 5.56 Å². The third-order valence-corrected chi connectivity index (χ3v) is 2.71. The molecule has 0 aromatic heterocycles. The average Bonchev–Trinajstić information content (AvgIpc) is 2.46. The predicted octanol–water partition coefficient (Wildman–Crippen LogP) is 3.83. The van der Waals surface area contributed by atoms with Crippen LogP contribution in [0.15, 0.2) is 54.6 Å². The van der Waals surface area contributed by atoms with Crippen molar-refractivity contribution in [2.45, 2.75) is 0 Å². The van der Waals surface area contributed by atoms with Crippen LogP contribution in [0, 0.1) is 11.3 Å². The number of nitrogens with zero attached hydrogens (tertiary/aromatic N) is 1. The molecule has 0 radical (unpaired) electrons. The average molecular weight is 284 g/mol. The first-order chi connectivity index (χ1) is 9.69. The maximum Gasteiger partial charge on any atom is 0.336 e. The molecule has 0 saturated heterocycles. The van der Waals surface area contributed by atoms with Crippen molar-refractivity contribution in [3.05, 3.63) is 70.8 Å². The van der Waals surface area contributed by atoms with E-state index in [0.29, 0.717) is 10.6 Å². The van der Waals surface area contributed by atoms with Gasteiger partial charge in [-0.05, 0) is 35.9 Å². The molecule has 0 fully saturated rings. The Morgan fingerprint density at radius 1 is 1.20 bits per heavy atom. The summed E-state index contributed by atoms with van der Waals surface area (Å²) in [6.07, 6.45) is 2.89. The van der Waals surface area contributed by atoms with Crippen molar-refractivity contribution in [2.75, 3.05) is 0 Å². The normalized spacial score (nSPS) is 10.2. The van der Waals surface area contributed by atoms with Crippen molar-refractivity contribution >= 4 is 23.6 Å². The monoisotopic (exact) mass is 283 g/mol. The summed E-state index contributed by atoms with van der Waals surface area (Å²) in [4.78, 5) is 11.7. The van der Waals surface area contributed by atoms with E-state index in [1.807, 2.05) is 12.1 Å². The summed E-state index contributed by atoms with van der Waals surface area (Å²) in [5, 5.41) is 9.49. The predicted molar refractivity (Wildman–Crippen MR) is 77.3 cm³/mol. The number of rotatable bonds is 3. The minimum Gasteiger partial charge on any atom is -0.422 e. The standard InChI is InChI=1S/C16H10ClNO2/c17-14-6-3-4-12(10-14)8-9-16(19)20-15-7-2-1-5-13(15)11-18/h1-10H/b9-8+. The lowest BCUT2D eigenvalue weighted by Gasteiger charge is -2.02. The molecule has 0 atom stereocenters. The summed E-state index contributed by atoms with van der Waals surface area (Å²) >= 11 is 5.84. The fraction of sp³-hybridized carbons (Fsp3) is 0. The van der Waals surface area contributed by atoms with Gasteiger partial charge in [0.2, 0.25) is 0 Å². The van der Waals surface area contributed by atoms with Crippen LogP contribution in [-0.2, 0) is 4.79 Å². The van der Waals surface area contributed by atoms with Crippen molar-refractivity contribution in [1.29, 1.82) is 5.26 Å². The Morgan fingerprint density at radius 2 is 2.00 bits per heavy atom. The molecule has 2 aromatic rings. The summed E-state index contributed by atoms with van der Waals surface area (Å²) in [6, 6.07) is 15.6. The highest BCUT2D eigenvalue weighted by Gasteiger charge is 2.05. The summed E-state index contributed by atoms with van der Waals surface area (Å²) in [7, 11) is 0. The minimum atomic E-state index is -0.548. The second-order valence-electron chi connectivity index (χ2n) is 3.92. The molecule has 0 unspecified atom stereocenters. The Morgan fingerprint density at radius 3 is 2.75 bits per heavy atom. The van der Waals surface area contributed by atoms with E-state index in [-0.39, 0.29) is 5.75 Å². The molecule has 0 bridgehead atoms. The molecule has 0 spiro atoms. The Labute approximate surface area is 121 Å². The first-order valence-electron chi connectivity index (χ1n) is 5.83. The number of halogens is 1. The maximum absolute atomic E-state index is 11.7. The van der Waals surface area contributed by atoms with Gasteiger partial charge in [-0.3, -0.25) is 0 Å². The number of carbonyl (C=O) groups excluding carboxylic acids is 1. The van der Waals surface area contributed by atoms with Gasteiger partial charge in [-0.25, -0.2) is 4.79 Å². The number of benzene rings is 2. The van der Waals surface area contributed by atoms with Gasteiger partial charge in [0.25, 0.3) is 0 Å². The van der Waals surface area contributed by atoms with Crippen LogP contribution in [0.5, 0.6) is 5.75 Å². The fourth-order valence-electron chi connectivity index (χ4n) is 1.56. The quantitative estimate of drug-likeness (QED) is 0.489. The zero-order valence-electron chi connectivity index (χ0n) is 10.4. The van der Waals surface area contributed by atoms with Crippen molar-refractivity contribution in [3.63, 3.8) is 0 Å². The zero-order valence-corrected chi connectivity index (χ0v) is 11.2. The van der Waals surface area contributed by atoms with Crippen LogP contribution < -0.4 is 4.74 Å². The van der Waals surface area contributed by atoms with E-state index >= 15 is 0 Å². The molecule has 98 valence electrons. The van der Waals surface area contributed by atoms with E-state index in [4.69, 9.17) is 21.6 Å². The van der Waals surface area contributed by atoms with Crippen molar-refractivity contribution in [2.24, 2.45) is 0 Å². The number of carbonyl (C=O) groups is 1. The topological polar surface area (TPSA) is 50.1 Å². The van der Waals surface area contributed by atoms with Gasteiger partial charge in [-0.2, -0.15) is 5.26 Å². The van der Waals surface area contributed by atoms with E-state index in [9.17, 15) is 4.79 Å². The van der Waals surface area contributed by atoms with E-state index < -0.39 is 5.97 Å². The largest absolute Gasteiger partial charge is 0.422 e. The first kappa shape index (κ1) is 13.9. The van der Waals surface area contributed by atoms with E-state index in [1.165, 1.54) is 6.08 Å². The number of nitriles is 1. The van der Waals surface area contributed by atoms with Gasteiger partial charge >= 0.3 is 5.97 Å². The molecule has 2 aromatic carbocycles. The molecule has 0 aliphatic heterocycles. The molecule has 2 rings (SSSR count). The molecule has 0 N–H and O–H groups in total. The van der Waals surface area contributed by atoms with Crippen LogP contribution in [-0.4, -0.2) is 5.97 Å². The molecule has 3 nitrogen and oxygen atoms in total. The molecule has 0 amide bonds. The third kappa shape index (κ3) is 3.71. The summed E-state index contributed by atoms with van der Waals surface area (Å²) < 4.78 is 5.11. The lowest BCUT2D eigenvalue weighted by Crippen LogP contribution is -2.04. The van der Waals surface area contributed by atoms with Crippen molar-refractivity contribution in [1.82, 2.24) is 0 Å². The fourth-order valence-corrected chi connectivity index (χ4v) is 1.76. The molecular weight excluding hydrogens is 274 g/mol. The second kappa shape index (κ2) is 6.55. The zero-order chi connectivity index (χ0) is 14.4. The van der Waals surface area contributed by atoms with Crippen molar-refractivity contribution in [3.8, 4) is 11.8 Å². The number of hydrogen-bond donors (Lipinski definition) is 0. The van der Waals surface area contributed by atoms with Crippen LogP contribution >= 0.6 is 11.6 Å². The van der Waals surface area contributed by atoms with Crippen molar-refractivity contribution < 1.29 is 9.53 Å². The molecule has 4 heteroatoms. The molecule has 0 heterocycles. The first-order valence-corrected chi connectivity index (χ1v) is 6.21. The summed E-state index contributed by atoms with van der Waals surface area (Å²) in [5.41, 5.74) is 1.11.